The molecule has 0 fully saturated rings. The number of hydrazone groups is 1. The Morgan fingerprint density at radius 3 is 2.47 bits per heavy atom. The number of aromatic nitrogens is 1. The third-order valence-electron chi connectivity index (χ3n) is 4.70. The molecule has 0 saturated heterocycles. The van der Waals surface area contributed by atoms with Gasteiger partial charge in [0.05, 0.1) is 29.1 Å². The van der Waals surface area contributed by atoms with Crippen molar-refractivity contribution < 1.29 is 18.7 Å². The maximum Gasteiger partial charge on any atom is 0.280 e. The van der Waals surface area contributed by atoms with Crippen LogP contribution < -0.4 is 14.5 Å². The van der Waals surface area contributed by atoms with E-state index in [0.29, 0.717) is 33.3 Å². The van der Waals surface area contributed by atoms with Crippen LogP contribution in [-0.4, -0.2) is 29.8 Å². The highest BCUT2D eigenvalue weighted by atomic mass is 32.1. The Hall–Kier alpha value is -3.78. The summed E-state index contributed by atoms with van der Waals surface area (Å²) in [6.45, 7) is 6.37. The average molecular weight is 478 g/mol. The first-order chi connectivity index (χ1) is 16.4. The number of hydrogen-bond acceptors (Lipinski definition) is 6. The first kappa shape index (κ1) is 23.4. The fourth-order valence-corrected chi connectivity index (χ4v) is 4.12. The molecule has 1 aromatic heterocycles. The number of rotatable bonds is 8. The lowest BCUT2D eigenvalue weighted by Crippen LogP contribution is -2.25. The summed E-state index contributed by atoms with van der Waals surface area (Å²) in [5, 5.41) is 6.02. The van der Waals surface area contributed by atoms with Gasteiger partial charge in [-0.1, -0.05) is 11.3 Å². The molecule has 0 radical (unpaired) electrons. The van der Waals surface area contributed by atoms with Crippen molar-refractivity contribution in [1.82, 2.24) is 4.98 Å². The molecule has 6 nitrogen and oxygen atoms in total. The Labute approximate surface area is 201 Å². The van der Waals surface area contributed by atoms with Gasteiger partial charge in [-0.3, -0.25) is 4.79 Å². The van der Waals surface area contributed by atoms with E-state index in [2.05, 4.69) is 10.1 Å². The van der Waals surface area contributed by atoms with E-state index in [1.165, 1.54) is 28.5 Å². The second-order valence-corrected chi connectivity index (χ2v) is 8.67. The third kappa shape index (κ3) is 5.58. The van der Waals surface area contributed by atoms with Crippen molar-refractivity contribution in [3.8, 4) is 11.5 Å². The largest absolute Gasteiger partial charge is 0.494 e. The van der Waals surface area contributed by atoms with Crippen molar-refractivity contribution in [2.75, 3.05) is 11.6 Å². The van der Waals surface area contributed by atoms with Crippen LogP contribution in [0, 0.1) is 5.82 Å². The Kier molecular flexibility index (Phi) is 7.18. The molecule has 34 heavy (non-hydrogen) atoms. The number of carbonyl (C=O) groups excluding carboxylic acids is 1. The quantitative estimate of drug-likeness (QED) is 0.221. The molecule has 0 aliphatic rings. The molecule has 0 N–H and O–H groups in total. The summed E-state index contributed by atoms with van der Waals surface area (Å²) in [5.74, 6) is 0.702. The predicted molar refractivity (Wildman–Crippen MR) is 134 cm³/mol. The number of benzene rings is 3. The Morgan fingerprint density at radius 1 is 1.09 bits per heavy atom. The van der Waals surface area contributed by atoms with Crippen molar-refractivity contribution in [1.29, 1.82) is 0 Å². The first-order valence-electron chi connectivity index (χ1n) is 10.9. The number of fused-ring (bicyclic) bond motifs is 1. The third-order valence-corrected chi connectivity index (χ3v) is 5.69. The Morgan fingerprint density at radius 2 is 1.79 bits per heavy atom. The SMILES string of the molecule is CCOc1ccc(/C=N/N(C(=O)c2ccc(OC(C)C)cc2)c2nc3ccc(F)cc3s2)cc1. The van der Waals surface area contributed by atoms with E-state index < -0.39 is 0 Å². The lowest BCUT2D eigenvalue weighted by Gasteiger charge is -2.15. The highest BCUT2D eigenvalue weighted by Gasteiger charge is 2.21. The van der Waals surface area contributed by atoms with Crippen LogP contribution in [0.15, 0.2) is 71.8 Å². The fourth-order valence-electron chi connectivity index (χ4n) is 3.18. The van der Waals surface area contributed by atoms with Gasteiger partial charge in [0.15, 0.2) is 0 Å². The van der Waals surface area contributed by atoms with Gasteiger partial charge in [-0.2, -0.15) is 10.1 Å². The lowest BCUT2D eigenvalue weighted by molar-refractivity contribution is 0.0988. The second kappa shape index (κ2) is 10.4. The van der Waals surface area contributed by atoms with Gasteiger partial charge in [0.1, 0.15) is 17.3 Å². The van der Waals surface area contributed by atoms with Crippen LogP contribution in [0.25, 0.3) is 10.2 Å². The standard InChI is InChI=1S/C26H24FN3O3S/c1-4-32-21-10-5-18(6-11-21)16-28-30(26-29-23-14-9-20(27)15-24(23)34-26)25(31)19-7-12-22(13-8-19)33-17(2)3/h5-17H,4H2,1-3H3/b28-16+. The van der Waals surface area contributed by atoms with E-state index in [1.54, 1.807) is 36.5 Å². The molecule has 174 valence electrons. The summed E-state index contributed by atoms with van der Waals surface area (Å²) in [7, 11) is 0. The van der Waals surface area contributed by atoms with Crippen LogP contribution in [0.1, 0.15) is 36.7 Å². The molecule has 3 aromatic carbocycles. The zero-order valence-electron chi connectivity index (χ0n) is 19.1. The molecule has 0 unspecified atom stereocenters. The van der Waals surface area contributed by atoms with Gasteiger partial charge < -0.3 is 9.47 Å². The molecular formula is C26H24FN3O3S. The number of thiazole rings is 1. The van der Waals surface area contributed by atoms with Gasteiger partial charge in [-0.15, -0.1) is 0 Å². The maximum absolute atomic E-state index is 13.7. The zero-order chi connectivity index (χ0) is 24.1. The summed E-state index contributed by atoms with van der Waals surface area (Å²) in [4.78, 5) is 17.9. The second-order valence-electron chi connectivity index (χ2n) is 7.66. The van der Waals surface area contributed by atoms with E-state index in [-0.39, 0.29) is 17.8 Å². The average Bonchev–Trinajstić information content (AvgIpc) is 3.23. The monoisotopic (exact) mass is 477 g/mol. The van der Waals surface area contributed by atoms with E-state index in [9.17, 15) is 9.18 Å². The molecule has 0 atom stereocenters. The maximum atomic E-state index is 13.7. The van der Waals surface area contributed by atoms with Crippen molar-refractivity contribution in [2.45, 2.75) is 26.9 Å². The molecule has 4 aromatic rings. The smallest absolute Gasteiger partial charge is 0.280 e. The van der Waals surface area contributed by atoms with Crippen LogP contribution in [0.5, 0.6) is 11.5 Å². The Bertz CT molecular complexity index is 1300. The molecule has 8 heteroatoms. The minimum Gasteiger partial charge on any atom is -0.494 e. The number of halogens is 1. The molecule has 0 aliphatic heterocycles. The van der Waals surface area contributed by atoms with E-state index in [0.717, 1.165) is 11.3 Å². The van der Waals surface area contributed by atoms with Gasteiger partial charge in [0.2, 0.25) is 5.13 Å². The van der Waals surface area contributed by atoms with Crippen LogP contribution in [0.4, 0.5) is 9.52 Å². The molecule has 0 spiro atoms. The fraction of sp³-hybridized carbons (Fsp3) is 0.192. The molecular weight excluding hydrogens is 453 g/mol. The molecule has 1 amide bonds. The van der Waals surface area contributed by atoms with Crippen LogP contribution in [-0.2, 0) is 0 Å². The minimum atomic E-state index is -0.363. The minimum absolute atomic E-state index is 0.0277. The number of carbonyl (C=O) groups is 1. The van der Waals surface area contributed by atoms with Crippen LogP contribution in [0.2, 0.25) is 0 Å². The Balaban J connectivity index is 1.67. The van der Waals surface area contributed by atoms with E-state index in [4.69, 9.17) is 9.47 Å². The summed E-state index contributed by atoms with van der Waals surface area (Å²) in [6, 6.07) is 18.6. The van der Waals surface area contributed by atoms with Crippen molar-refractivity contribution in [3.05, 3.63) is 83.7 Å². The first-order valence-corrected chi connectivity index (χ1v) is 11.7. The normalized spacial score (nSPS) is 11.3. The molecule has 0 aliphatic carbocycles. The van der Waals surface area contributed by atoms with Crippen LogP contribution >= 0.6 is 11.3 Å². The van der Waals surface area contributed by atoms with Crippen molar-refractivity contribution in [3.63, 3.8) is 0 Å². The molecule has 4 rings (SSSR count). The van der Waals surface area contributed by atoms with Crippen molar-refractivity contribution in [2.24, 2.45) is 5.10 Å². The number of nitrogens with zero attached hydrogens (tertiary/aromatic N) is 3. The van der Waals surface area contributed by atoms with Gasteiger partial charge in [0.25, 0.3) is 5.91 Å². The summed E-state index contributed by atoms with van der Waals surface area (Å²) >= 11 is 1.19. The van der Waals surface area contributed by atoms with E-state index >= 15 is 0 Å². The molecule has 0 saturated carbocycles. The molecule has 1 heterocycles. The van der Waals surface area contributed by atoms with Gasteiger partial charge in [0, 0.05) is 5.56 Å². The number of hydrogen-bond donors (Lipinski definition) is 0. The zero-order valence-corrected chi connectivity index (χ0v) is 19.9. The number of anilines is 1. The van der Waals surface area contributed by atoms with Crippen LogP contribution in [0.3, 0.4) is 0 Å². The number of amides is 1. The summed E-state index contributed by atoms with van der Waals surface area (Å²) in [5.41, 5.74) is 1.80. The summed E-state index contributed by atoms with van der Waals surface area (Å²) in [6.07, 6.45) is 1.61. The van der Waals surface area contributed by atoms with Gasteiger partial charge >= 0.3 is 0 Å². The number of ether oxygens (including phenoxy) is 2. The topological polar surface area (TPSA) is 64.0 Å². The van der Waals surface area contributed by atoms with Gasteiger partial charge in [-0.05, 0) is 93.1 Å². The van der Waals surface area contributed by atoms with E-state index in [1.807, 2.05) is 45.0 Å². The van der Waals surface area contributed by atoms with Gasteiger partial charge in [-0.25, -0.2) is 9.37 Å². The summed E-state index contributed by atoms with van der Waals surface area (Å²) < 4.78 is 25.5. The molecule has 0 bridgehead atoms. The van der Waals surface area contributed by atoms with Crippen molar-refractivity contribution >= 4 is 38.8 Å². The lowest BCUT2D eigenvalue weighted by atomic mass is 10.2. The highest BCUT2D eigenvalue weighted by Crippen LogP contribution is 2.31. The predicted octanol–water partition coefficient (Wildman–Crippen LogP) is 6.30. The highest BCUT2D eigenvalue weighted by molar-refractivity contribution is 7.22.